The van der Waals surface area contributed by atoms with Gasteiger partial charge in [-0.25, -0.2) is 19.9 Å². The van der Waals surface area contributed by atoms with E-state index in [2.05, 4.69) is 272 Å². The summed E-state index contributed by atoms with van der Waals surface area (Å²) in [7, 11) is 0. The van der Waals surface area contributed by atoms with Crippen molar-refractivity contribution in [2.45, 2.75) is 78.6 Å². The standard InChI is InChI=1S/C76H62N8/c1-74(2,3)70-56-27-13-12-26-55(56)67(81-82-70)48-23-20-22-47(41-48)50-42-58(69-61(43-50)79-72(76(7,8)9)73(80-69)84-63-32-19-15-28-57(63)66-52-24-11-10-21-45(52)36-40-64(66)84)46-33-37-51(38-34-46)83-62-31-18-14-25-53(62)54-39-35-49(44-65(54)83)68-71(75(4,5)6)78-60-30-17-16-29-59(60)77-68/h10-44H,1-9H3. The fourth-order valence-electron chi connectivity index (χ4n) is 12.8. The number of nitrogens with zero attached hydrogens (tertiary/aromatic N) is 8. The van der Waals surface area contributed by atoms with Crippen LogP contribution >= 0.6 is 0 Å². The molecule has 0 fully saturated rings. The first kappa shape index (κ1) is 51.0. The number of hydrogen-bond acceptors (Lipinski definition) is 6. The van der Waals surface area contributed by atoms with Crippen molar-refractivity contribution in [2.75, 3.05) is 0 Å². The van der Waals surface area contributed by atoms with E-state index in [1.165, 1.54) is 32.3 Å². The monoisotopic (exact) mass is 1090 g/mol. The molecule has 0 radical (unpaired) electrons. The van der Waals surface area contributed by atoms with Crippen LogP contribution in [-0.4, -0.2) is 39.3 Å². The lowest BCUT2D eigenvalue weighted by Crippen LogP contribution is -2.19. The predicted molar refractivity (Wildman–Crippen MR) is 350 cm³/mol. The minimum Gasteiger partial charge on any atom is -0.309 e. The van der Waals surface area contributed by atoms with E-state index in [9.17, 15) is 0 Å². The molecule has 0 bridgehead atoms. The second kappa shape index (κ2) is 18.8. The molecule has 15 rings (SSSR count). The first-order valence-electron chi connectivity index (χ1n) is 29.1. The first-order chi connectivity index (χ1) is 40.5. The van der Waals surface area contributed by atoms with Gasteiger partial charge in [0.15, 0.2) is 5.82 Å². The molecule has 0 saturated heterocycles. The van der Waals surface area contributed by atoms with Gasteiger partial charge in [-0.3, -0.25) is 4.57 Å². The van der Waals surface area contributed by atoms with E-state index in [0.29, 0.717) is 0 Å². The van der Waals surface area contributed by atoms with Crippen molar-refractivity contribution in [3.05, 3.63) is 229 Å². The highest BCUT2D eigenvalue weighted by atomic mass is 15.1. The van der Waals surface area contributed by atoms with Crippen LogP contribution in [0.1, 0.15) is 79.4 Å². The molecule has 15 aromatic rings. The summed E-state index contributed by atoms with van der Waals surface area (Å²) < 4.78 is 4.75. The van der Waals surface area contributed by atoms with Gasteiger partial charge in [-0.15, -0.1) is 5.10 Å². The Morgan fingerprint density at radius 2 is 0.893 bits per heavy atom. The summed E-state index contributed by atoms with van der Waals surface area (Å²) in [6.45, 7) is 20.0. The van der Waals surface area contributed by atoms with E-state index < -0.39 is 0 Å². The average Bonchev–Trinajstić information content (AvgIpc) is 2.20. The normalized spacial score (nSPS) is 12.6. The van der Waals surface area contributed by atoms with Gasteiger partial charge >= 0.3 is 0 Å². The van der Waals surface area contributed by atoms with E-state index in [1.807, 2.05) is 12.1 Å². The molecule has 8 heteroatoms. The first-order valence-corrected chi connectivity index (χ1v) is 29.1. The third kappa shape index (κ3) is 8.25. The van der Waals surface area contributed by atoms with Crippen LogP contribution in [0.3, 0.4) is 0 Å². The largest absolute Gasteiger partial charge is 0.309 e. The fourth-order valence-corrected chi connectivity index (χ4v) is 12.8. The molecule has 5 aromatic heterocycles. The topological polar surface area (TPSA) is 87.2 Å². The Kier molecular flexibility index (Phi) is 11.4. The van der Waals surface area contributed by atoms with Crippen molar-refractivity contribution >= 4 is 87.2 Å². The zero-order valence-corrected chi connectivity index (χ0v) is 48.8. The molecule has 5 heterocycles. The van der Waals surface area contributed by atoms with Crippen molar-refractivity contribution < 1.29 is 0 Å². The highest BCUT2D eigenvalue weighted by Gasteiger charge is 2.29. The fraction of sp³-hybridized carbons (Fsp3) is 0.158. The number of fused-ring (bicyclic) bond motifs is 11. The highest BCUT2D eigenvalue weighted by molar-refractivity contribution is 6.21. The quantitative estimate of drug-likeness (QED) is 0.165. The van der Waals surface area contributed by atoms with Gasteiger partial charge in [0.2, 0.25) is 0 Å². The van der Waals surface area contributed by atoms with E-state index in [1.54, 1.807) is 0 Å². The van der Waals surface area contributed by atoms with Gasteiger partial charge in [-0.05, 0) is 94.2 Å². The van der Waals surface area contributed by atoms with Gasteiger partial charge in [0.05, 0.1) is 66.9 Å². The Hall–Kier alpha value is -9.92. The van der Waals surface area contributed by atoms with E-state index in [4.69, 9.17) is 30.1 Å². The second-order valence-electron chi connectivity index (χ2n) is 25.6. The van der Waals surface area contributed by atoms with Crippen LogP contribution in [0.15, 0.2) is 212 Å². The second-order valence-corrected chi connectivity index (χ2v) is 25.6. The van der Waals surface area contributed by atoms with Gasteiger partial charge in [0.25, 0.3) is 0 Å². The maximum Gasteiger partial charge on any atom is 0.160 e. The van der Waals surface area contributed by atoms with Gasteiger partial charge in [-0.2, -0.15) is 5.10 Å². The smallest absolute Gasteiger partial charge is 0.160 e. The Labute approximate surface area is 488 Å². The molecule has 0 spiro atoms. The zero-order chi connectivity index (χ0) is 57.4. The Morgan fingerprint density at radius 3 is 1.63 bits per heavy atom. The van der Waals surface area contributed by atoms with Gasteiger partial charge in [0.1, 0.15) is 5.69 Å². The molecule has 0 saturated carbocycles. The molecule has 84 heavy (non-hydrogen) atoms. The molecule has 0 aliphatic rings. The molecule has 0 unspecified atom stereocenters. The highest BCUT2D eigenvalue weighted by Crippen LogP contribution is 2.44. The van der Waals surface area contributed by atoms with E-state index in [-0.39, 0.29) is 16.2 Å². The summed E-state index contributed by atoms with van der Waals surface area (Å²) in [5, 5.41) is 19.2. The van der Waals surface area contributed by atoms with Crippen LogP contribution < -0.4 is 0 Å². The molecule has 0 amide bonds. The summed E-state index contributed by atoms with van der Waals surface area (Å²) in [6.07, 6.45) is 0. The maximum absolute atomic E-state index is 5.90. The predicted octanol–water partition coefficient (Wildman–Crippen LogP) is 19.4. The number of aromatic nitrogens is 8. The Bertz CT molecular complexity index is 5200. The number of benzene rings is 10. The Balaban J connectivity index is 0.952. The summed E-state index contributed by atoms with van der Waals surface area (Å²) in [5.74, 6) is 0.820. The third-order valence-corrected chi connectivity index (χ3v) is 16.8. The molecule has 0 N–H and O–H groups in total. The van der Waals surface area contributed by atoms with Crippen molar-refractivity contribution in [1.82, 2.24) is 39.3 Å². The lowest BCUT2D eigenvalue weighted by molar-refractivity contribution is 0.565. The summed E-state index contributed by atoms with van der Waals surface area (Å²) in [5.41, 5.74) is 18.8. The van der Waals surface area contributed by atoms with Crippen molar-refractivity contribution in [3.63, 3.8) is 0 Å². The van der Waals surface area contributed by atoms with E-state index in [0.717, 1.165) is 128 Å². The van der Waals surface area contributed by atoms with Crippen molar-refractivity contribution in [3.8, 4) is 56.3 Å². The number of rotatable bonds is 6. The molecular formula is C76H62N8. The third-order valence-electron chi connectivity index (χ3n) is 16.8. The minimum absolute atomic E-state index is 0.174. The average molecular weight is 1090 g/mol. The maximum atomic E-state index is 5.90. The van der Waals surface area contributed by atoms with Gasteiger partial charge in [-0.1, -0.05) is 208 Å². The zero-order valence-electron chi connectivity index (χ0n) is 48.8. The van der Waals surface area contributed by atoms with Gasteiger partial charge in [0, 0.05) is 70.9 Å². The lowest BCUT2D eigenvalue weighted by atomic mass is 9.88. The lowest BCUT2D eigenvalue weighted by Gasteiger charge is -2.24. The Morgan fingerprint density at radius 1 is 0.310 bits per heavy atom. The van der Waals surface area contributed by atoms with Crippen molar-refractivity contribution in [1.29, 1.82) is 0 Å². The molecule has 0 aliphatic heterocycles. The summed E-state index contributed by atoms with van der Waals surface area (Å²) >= 11 is 0. The van der Waals surface area contributed by atoms with E-state index >= 15 is 0 Å². The number of hydrogen-bond donors (Lipinski definition) is 0. The van der Waals surface area contributed by atoms with Crippen LogP contribution in [0.2, 0.25) is 0 Å². The summed E-state index contributed by atoms with van der Waals surface area (Å²) in [4.78, 5) is 22.2. The molecule has 0 atom stereocenters. The molecule has 8 nitrogen and oxygen atoms in total. The molecule has 10 aromatic carbocycles. The van der Waals surface area contributed by atoms with Crippen LogP contribution in [0, 0.1) is 0 Å². The summed E-state index contributed by atoms with van der Waals surface area (Å²) in [6, 6.07) is 76.3. The number of para-hydroxylation sites is 4. The van der Waals surface area contributed by atoms with Crippen LogP contribution in [-0.2, 0) is 16.2 Å². The van der Waals surface area contributed by atoms with Crippen molar-refractivity contribution in [2.24, 2.45) is 0 Å². The SMILES string of the molecule is CC(C)(C)c1nc2ccccc2nc1-c1ccc2c3ccccc3n(-c3ccc(-c4cc(-c5cccc(-c6nnc(C(C)(C)C)c7ccccc67)c5)cc5nc(C(C)(C)C)c(-n6c7ccccc7c7c8ccccc8ccc76)nc45)cc3)c2c1. The van der Waals surface area contributed by atoms with Crippen LogP contribution in [0.4, 0.5) is 0 Å². The van der Waals surface area contributed by atoms with Gasteiger partial charge < -0.3 is 4.57 Å². The van der Waals surface area contributed by atoms with Crippen LogP contribution in [0.25, 0.3) is 143 Å². The van der Waals surface area contributed by atoms with Crippen LogP contribution in [0.5, 0.6) is 0 Å². The minimum atomic E-state index is -0.390. The molecule has 406 valence electrons. The molecular weight excluding hydrogens is 1020 g/mol. The molecule has 0 aliphatic carbocycles.